The first kappa shape index (κ1) is 6.03. The van der Waals surface area contributed by atoms with Gasteiger partial charge in [-0.3, -0.25) is 0 Å². The van der Waals surface area contributed by atoms with Crippen molar-refractivity contribution < 1.29 is 24.5 Å². The van der Waals surface area contributed by atoms with Crippen LogP contribution in [-0.4, -0.2) is 24.1 Å². The van der Waals surface area contributed by atoms with Gasteiger partial charge in [-0.25, -0.2) is 0 Å². The number of carbonyl (C=O) groups is 2. The van der Waals surface area contributed by atoms with E-state index in [1.807, 2.05) is 0 Å². The van der Waals surface area contributed by atoms with E-state index in [4.69, 9.17) is 0 Å². The zero-order valence-corrected chi connectivity index (χ0v) is 4.20. The highest BCUT2D eigenvalue weighted by atomic mass is 16.6. The average molecular weight is 130 g/mol. The maximum atomic E-state index is 9.75. The van der Waals surface area contributed by atoms with Crippen molar-refractivity contribution in [3.63, 3.8) is 0 Å². The molecule has 1 aliphatic rings. The highest BCUT2D eigenvalue weighted by molar-refractivity contribution is 5.85. The summed E-state index contributed by atoms with van der Waals surface area (Å²) in [5.41, 5.74) is 0. The van der Waals surface area contributed by atoms with Crippen LogP contribution in [0.15, 0.2) is 0 Å². The van der Waals surface area contributed by atoms with Crippen molar-refractivity contribution in [3.05, 3.63) is 0 Å². The zero-order chi connectivity index (χ0) is 7.02. The van der Waals surface area contributed by atoms with Crippen LogP contribution in [0.2, 0.25) is 0 Å². The van der Waals surface area contributed by atoms with Gasteiger partial charge in [0.15, 0.2) is 0 Å². The van der Waals surface area contributed by atoms with E-state index in [9.17, 15) is 19.8 Å². The molecule has 0 spiro atoms. The summed E-state index contributed by atoms with van der Waals surface area (Å²) in [4.78, 5) is 19.5. The van der Waals surface area contributed by atoms with Crippen molar-refractivity contribution in [2.24, 2.45) is 0 Å². The number of carboxylic acid groups (broad SMARTS) is 2. The summed E-state index contributed by atoms with van der Waals surface area (Å²) in [6.07, 6.45) is -2.59. The molecule has 0 radical (unpaired) electrons. The highest BCUT2D eigenvalue weighted by Crippen LogP contribution is 2.19. The van der Waals surface area contributed by atoms with E-state index in [1.165, 1.54) is 0 Å². The van der Waals surface area contributed by atoms with E-state index >= 15 is 0 Å². The van der Waals surface area contributed by atoms with Gasteiger partial charge in [0, 0.05) is 0 Å². The fourth-order valence-corrected chi connectivity index (χ4v) is 0.471. The number of carbonyl (C=O) groups excluding carboxylic acids is 2. The van der Waals surface area contributed by atoms with E-state index in [2.05, 4.69) is 4.74 Å². The Hall–Kier alpha value is -1.10. The zero-order valence-electron chi connectivity index (χ0n) is 4.20. The first-order chi connectivity index (χ1) is 4.13. The molecule has 1 rings (SSSR count). The highest BCUT2D eigenvalue weighted by Gasteiger charge is 2.41. The third-order valence-corrected chi connectivity index (χ3v) is 0.956. The molecule has 0 bridgehead atoms. The molecule has 1 fully saturated rings. The second-order valence-electron chi connectivity index (χ2n) is 1.62. The van der Waals surface area contributed by atoms with Gasteiger partial charge in [-0.2, -0.15) is 0 Å². The Kier molecular flexibility index (Phi) is 1.14. The third kappa shape index (κ3) is 0.996. The second kappa shape index (κ2) is 1.70. The van der Waals surface area contributed by atoms with Crippen molar-refractivity contribution >= 4 is 11.9 Å². The number of hydrogen-bond acceptors (Lipinski definition) is 5. The van der Waals surface area contributed by atoms with Gasteiger partial charge in [-0.05, 0) is 0 Å². The summed E-state index contributed by atoms with van der Waals surface area (Å²) in [5, 5.41) is 19.5. The predicted octanol–water partition coefficient (Wildman–Crippen LogP) is -3.75. The molecule has 0 amide bonds. The summed E-state index contributed by atoms with van der Waals surface area (Å²) in [6, 6.07) is 0. The van der Waals surface area contributed by atoms with Crippen molar-refractivity contribution in [1.82, 2.24) is 0 Å². The Bertz CT molecular complexity index is 144. The van der Waals surface area contributed by atoms with Crippen molar-refractivity contribution in [2.45, 2.75) is 12.2 Å². The molecule has 1 aliphatic heterocycles. The van der Waals surface area contributed by atoms with Gasteiger partial charge in [0.2, 0.25) is 0 Å². The van der Waals surface area contributed by atoms with Crippen LogP contribution in [0.4, 0.5) is 0 Å². The molecule has 0 unspecified atom stereocenters. The molecule has 5 nitrogen and oxygen atoms in total. The maximum absolute atomic E-state index is 9.75. The minimum absolute atomic E-state index is 1.30. The lowest BCUT2D eigenvalue weighted by molar-refractivity contribution is -0.311. The molecule has 0 aromatic rings. The van der Waals surface area contributed by atoms with Crippen molar-refractivity contribution in [3.8, 4) is 0 Å². The summed E-state index contributed by atoms with van der Waals surface area (Å²) in [7, 11) is 0. The molecule has 0 saturated carbocycles. The predicted molar refractivity (Wildman–Crippen MR) is 18.7 cm³/mol. The molecule has 0 N–H and O–H groups in total. The van der Waals surface area contributed by atoms with Gasteiger partial charge in [0.25, 0.3) is 0 Å². The Morgan fingerprint density at radius 2 is 1.44 bits per heavy atom. The molecule has 0 aromatic carbocycles. The first-order valence-corrected chi connectivity index (χ1v) is 2.20. The normalized spacial score (nSPS) is 31.6. The van der Waals surface area contributed by atoms with Gasteiger partial charge < -0.3 is 24.5 Å². The standard InChI is InChI=1S/C4H4O5/c5-3(6)1-2(9-1)4(7)8/h1-2H,(H,5,6)(H,7,8)/p-2/t1-,2+. The molecule has 0 aromatic heterocycles. The fraction of sp³-hybridized carbons (Fsp3) is 0.500. The Morgan fingerprint density at radius 1 is 1.11 bits per heavy atom. The molecule has 2 atom stereocenters. The van der Waals surface area contributed by atoms with Crippen molar-refractivity contribution in [2.75, 3.05) is 0 Å². The Balaban J connectivity index is 2.42. The molecule has 1 saturated heterocycles. The minimum Gasteiger partial charge on any atom is -0.547 e. The van der Waals surface area contributed by atoms with Crippen LogP contribution >= 0.6 is 0 Å². The van der Waals surface area contributed by atoms with Gasteiger partial charge in [0.1, 0.15) is 12.2 Å². The topological polar surface area (TPSA) is 92.8 Å². The van der Waals surface area contributed by atoms with Crippen LogP contribution in [0.1, 0.15) is 0 Å². The maximum Gasteiger partial charge on any atom is 0.129 e. The first-order valence-electron chi connectivity index (χ1n) is 2.20. The van der Waals surface area contributed by atoms with Gasteiger partial charge >= 0.3 is 0 Å². The molecule has 5 heteroatoms. The quantitative estimate of drug-likeness (QED) is 0.358. The van der Waals surface area contributed by atoms with Crippen LogP contribution in [0.25, 0.3) is 0 Å². The molecule has 50 valence electrons. The summed E-state index contributed by atoms with van der Waals surface area (Å²) < 4.78 is 4.12. The monoisotopic (exact) mass is 130 g/mol. The van der Waals surface area contributed by atoms with Crippen LogP contribution in [-0.2, 0) is 14.3 Å². The van der Waals surface area contributed by atoms with Crippen LogP contribution in [0.3, 0.4) is 0 Å². The van der Waals surface area contributed by atoms with Crippen LogP contribution < -0.4 is 10.2 Å². The van der Waals surface area contributed by atoms with Gasteiger partial charge in [-0.15, -0.1) is 0 Å². The van der Waals surface area contributed by atoms with Crippen LogP contribution in [0, 0.1) is 0 Å². The number of aliphatic carboxylic acids is 2. The van der Waals surface area contributed by atoms with E-state index in [-0.39, 0.29) is 0 Å². The minimum atomic E-state index is -1.51. The lowest BCUT2D eigenvalue weighted by atomic mass is 10.3. The molecular formula is C4H2O5-2. The summed E-state index contributed by atoms with van der Waals surface area (Å²) >= 11 is 0. The SMILES string of the molecule is O=C([O-])[C@H]1O[C@H]1C(=O)[O-]. The number of rotatable bonds is 2. The number of hydrogen-bond donors (Lipinski definition) is 0. The van der Waals surface area contributed by atoms with E-state index in [0.29, 0.717) is 0 Å². The molecular weight excluding hydrogens is 128 g/mol. The van der Waals surface area contributed by atoms with E-state index < -0.39 is 24.1 Å². The molecule has 0 aliphatic carbocycles. The third-order valence-electron chi connectivity index (χ3n) is 0.956. The second-order valence-corrected chi connectivity index (χ2v) is 1.62. The van der Waals surface area contributed by atoms with Crippen LogP contribution in [0.5, 0.6) is 0 Å². The van der Waals surface area contributed by atoms with Crippen molar-refractivity contribution in [1.29, 1.82) is 0 Å². The molecule has 9 heavy (non-hydrogen) atoms. The Morgan fingerprint density at radius 3 is 1.56 bits per heavy atom. The Labute approximate surface area is 49.9 Å². The summed E-state index contributed by atoms with van der Waals surface area (Å²) in [5.74, 6) is -3.02. The van der Waals surface area contributed by atoms with Gasteiger partial charge in [-0.1, -0.05) is 0 Å². The lowest BCUT2D eigenvalue weighted by Crippen LogP contribution is -2.35. The fourth-order valence-electron chi connectivity index (χ4n) is 0.471. The van der Waals surface area contributed by atoms with Gasteiger partial charge in [0.05, 0.1) is 11.9 Å². The largest absolute Gasteiger partial charge is 0.547 e. The van der Waals surface area contributed by atoms with E-state index in [0.717, 1.165) is 0 Å². The lowest BCUT2D eigenvalue weighted by Gasteiger charge is -1.94. The van der Waals surface area contributed by atoms with E-state index in [1.54, 1.807) is 0 Å². The number of carboxylic acids is 2. The number of epoxide rings is 1. The summed E-state index contributed by atoms with van der Waals surface area (Å²) in [6.45, 7) is 0. The average Bonchev–Trinajstić information content (AvgIpc) is 2.39. The smallest absolute Gasteiger partial charge is 0.129 e. The number of ether oxygens (including phenoxy) is 1. The molecule has 1 heterocycles.